The molecule has 1 heterocycles. The molecule has 0 aliphatic heterocycles. The normalized spacial score (nSPS) is 11.9. The van der Waals surface area contributed by atoms with Crippen LogP contribution in [0.15, 0.2) is 22.7 Å². The van der Waals surface area contributed by atoms with E-state index in [9.17, 15) is 0 Å². The van der Waals surface area contributed by atoms with Crippen LogP contribution in [0, 0.1) is 0 Å². The molecule has 2 rings (SSSR count). The van der Waals surface area contributed by atoms with Crippen LogP contribution >= 0.6 is 27.5 Å². The zero-order valence-corrected chi connectivity index (χ0v) is 15.2. The maximum Gasteiger partial charge on any atom is 0.132 e. The third-order valence-electron chi connectivity index (χ3n) is 3.31. The highest BCUT2D eigenvalue weighted by atomic mass is 79.9. The van der Waals surface area contributed by atoms with Gasteiger partial charge in [0.05, 0.1) is 0 Å². The lowest BCUT2D eigenvalue weighted by Gasteiger charge is -2.25. The van der Waals surface area contributed by atoms with Crippen LogP contribution in [0.4, 0.5) is 5.82 Å². The second-order valence-corrected chi connectivity index (χ2v) is 7.43. The van der Waals surface area contributed by atoms with E-state index in [4.69, 9.17) is 22.3 Å². The number of rotatable bonds is 3. The van der Waals surface area contributed by atoms with E-state index in [2.05, 4.69) is 48.2 Å². The van der Waals surface area contributed by atoms with Crippen molar-refractivity contribution in [3.8, 4) is 11.3 Å². The number of hydrogen-bond donors (Lipinski definition) is 1. The van der Waals surface area contributed by atoms with Gasteiger partial charge in [0.15, 0.2) is 0 Å². The molecule has 0 fully saturated rings. The van der Waals surface area contributed by atoms with Gasteiger partial charge in [-0.1, -0.05) is 40.5 Å². The number of hydrogen-bond acceptors (Lipinski definition) is 2. The number of benzene rings is 1. The fourth-order valence-corrected chi connectivity index (χ4v) is 3.37. The minimum Gasteiger partial charge on any atom is -0.383 e. The lowest BCUT2D eigenvalue weighted by molar-refractivity contribution is 0.387. The number of nitrogens with zero attached hydrogens (tertiary/aromatic N) is 2. The van der Waals surface area contributed by atoms with Gasteiger partial charge in [0.2, 0.25) is 0 Å². The summed E-state index contributed by atoms with van der Waals surface area (Å²) in [6.45, 7) is 8.58. The van der Waals surface area contributed by atoms with Gasteiger partial charge < -0.3 is 10.3 Å². The molecule has 21 heavy (non-hydrogen) atoms. The van der Waals surface area contributed by atoms with Gasteiger partial charge in [0, 0.05) is 27.0 Å². The van der Waals surface area contributed by atoms with Gasteiger partial charge in [-0.2, -0.15) is 0 Å². The summed E-state index contributed by atoms with van der Waals surface area (Å²) in [5.74, 6) is 1.73. The Labute approximate surface area is 139 Å². The van der Waals surface area contributed by atoms with Crippen molar-refractivity contribution in [2.75, 3.05) is 5.73 Å². The third-order valence-corrected chi connectivity index (χ3v) is 4.20. The molecule has 114 valence electrons. The highest BCUT2D eigenvalue weighted by molar-refractivity contribution is 9.10. The lowest BCUT2D eigenvalue weighted by atomic mass is 10.1. The first-order valence-electron chi connectivity index (χ1n) is 7.08. The van der Waals surface area contributed by atoms with Crippen molar-refractivity contribution >= 4 is 33.3 Å². The lowest BCUT2D eigenvalue weighted by Crippen LogP contribution is -2.25. The largest absolute Gasteiger partial charge is 0.383 e. The molecule has 3 nitrogen and oxygen atoms in total. The first-order chi connectivity index (χ1) is 9.75. The molecule has 0 unspecified atom stereocenters. The molecule has 0 aliphatic carbocycles. The molecular formula is C16H21BrClN3. The molecule has 1 aromatic carbocycles. The van der Waals surface area contributed by atoms with Gasteiger partial charge in [0.25, 0.3) is 0 Å². The maximum absolute atomic E-state index is 6.41. The Morgan fingerprint density at radius 3 is 2.52 bits per heavy atom. The van der Waals surface area contributed by atoms with E-state index >= 15 is 0 Å². The summed E-state index contributed by atoms with van der Waals surface area (Å²) in [6.07, 6.45) is 1.94. The second kappa shape index (κ2) is 6.01. The van der Waals surface area contributed by atoms with E-state index in [-0.39, 0.29) is 5.54 Å². The van der Waals surface area contributed by atoms with Crippen molar-refractivity contribution in [1.82, 2.24) is 9.55 Å². The minimum atomic E-state index is -0.0985. The number of halogens is 2. The summed E-state index contributed by atoms with van der Waals surface area (Å²) in [5.41, 5.74) is 8.09. The summed E-state index contributed by atoms with van der Waals surface area (Å²) in [5, 5.41) is 0.688. The number of nitrogens with two attached hydrogens (primary N) is 1. The highest BCUT2D eigenvalue weighted by Crippen LogP contribution is 2.36. The van der Waals surface area contributed by atoms with Crippen LogP contribution in [-0.2, 0) is 12.0 Å². The minimum absolute atomic E-state index is 0.0985. The van der Waals surface area contributed by atoms with E-state index in [1.54, 1.807) is 0 Å². The van der Waals surface area contributed by atoms with Crippen LogP contribution in [0.5, 0.6) is 0 Å². The zero-order valence-electron chi connectivity index (χ0n) is 12.9. The Balaban J connectivity index is 2.65. The van der Waals surface area contributed by atoms with Crippen LogP contribution in [0.25, 0.3) is 11.3 Å². The van der Waals surface area contributed by atoms with E-state index < -0.39 is 0 Å². The summed E-state index contributed by atoms with van der Waals surface area (Å²) in [6, 6.07) is 5.68. The predicted molar refractivity (Wildman–Crippen MR) is 93.8 cm³/mol. The number of nitrogen functional groups attached to an aromatic ring is 1. The van der Waals surface area contributed by atoms with Crippen molar-refractivity contribution in [1.29, 1.82) is 0 Å². The number of imidazole rings is 1. The van der Waals surface area contributed by atoms with Gasteiger partial charge in [-0.15, -0.1) is 0 Å². The smallest absolute Gasteiger partial charge is 0.132 e. The maximum atomic E-state index is 6.41. The molecule has 0 radical (unpaired) electrons. The predicted octanol–water partition coefficient (Wildman–Crippen LogP) is 5.26. The van der Waals surface area contributed by atoms with E-state index in [1.807, 2.05) is 18.2 Å². The van der Waals surface area contributed by atoms with Crippen LogP contribution < -0.4 is 5.73 Å². The van der Waals surface area contributed by atoms with Gasteiger partial charge in [0.1, 0.15) is 17.3 Å². The number of aromatic nitrogens is 2. The average molecular weight is 371 g/mol. The third kappa shape index (κ3) is 3.27. The molecule has 2 N–H and O–H groups in total. The number of aryl methyl sites for hydroxylation is 1. The van der Waals surface area contributed by atoms with Crippen LogP contribution in [0.2, 0.25) is 5.02 Å². The van der Waals surface area contributed by atoms with Gasteiger partial charge >= 0.3 is 0 Å². The quantitative estimate of drug-likeness (QED) is 0.801. The van der Waals surface area contributed by atoms with Crippen LogP contribution in [-0.4, -0.2) is 9.55 Å². The second-order valence-electron chi connectivity index (χ2n) is 6.14. The van der Waals surface area contributed by atoms with Crippen molar-refractivity contribution < 1.29 is 0 Å². The molecule has 0 aliphatic rings. The standard InChI is InChI=1S/C16H21BrClN3/c1-5-6-13-20-14(15(19)21(13)16(2,3)4)11-8-7-10(18)9-12(11)17/h7-9H,5-6,19H2,1-4H3. The Hall–Kier alpha value is -1.00. The van der Waals surface area contributed by atoms with Crippen molar-refractivity contribution in [2.45, 2.75) is 46.1 Å². The van der Waals surface area contributed by atoms with Crippen molar-refractivity contribution in [2.24, 2.45) is 0 Å². The van der Waals surface area contributed by atoms with Gasteiger partial charge in [-0.3, -0.25) is 0 Å². The SMILES string of the molecule is CCCc1nc(-c2ccc(Cl)cc2Br)c(N)n1C(C)(C)C. The summed E-state index contributed by atoms with van der Waals surface area (Å²) in [4.78, 5) is 4.79. The summed E-state index contributed by atoms with van der Waals surface area (Å²) < 4.78 is 3.04. The molecule has 0 bridgehead atoms. The Bertz CT molecular complexity index is 656. The highest BCUT2D eigenvalue weighted by Gasteiger charge is 2.24. The Kier molecular flexibility index (Phi) is 4.69. The molecule has 0 saturated heterocycles. The Morgan fingerprint density at radius 1 is 1.33 bits per heavy atom. The molecule has 0 saturated carbocycles. The van der Waals surface area contributed by atoms with Gasteiger partial charge in [-0.05, 0) is 39.3 Å². The molecule has 0 amide bonds. The fraction of sp³-hybridized carbons (Fsp3) is 0.438. The van der Waals surface area contributed by atoms with Crippen molar-refractivity contribution in [3.05, 3.63) is 33.5 Å². The summed E-state index contributed by atoms with van der Waals surface area (Å²) >= 11 is 9.57. The first-order valence-corrected chi connectivity index (χ1v) is 8.25. The molecule has 0 spiro atoms. The molecule has 2 aromatic rings. The molecular weight excluding hydrogens is 350 g/mol. The Morgan fingerprint density at radius 2 is 2.00 bits per heavy atom. The van der Waals surface area contributed by atoms with E-state index in [0.29, 0.717) is 10.8 Å². The molecule has 1 aromatic heterocycles. The first kappa shape index (κ1) is 16.4. The summed E-state index contributed by atoms with van der Waals surface area (Å²) in [7, 11) is 0. The van der Waals surface area contributed by atoms with E-state index in [1.165, 1.54) is 0 Å². The van der Waals surface area contributed by atoms with Crippen LogP contribution in [0.3, 0.4) is 0 Å². The number of anilines is 1. The van der Waals surface area contributed by atoms with E-state index in [0.717, 1.165) is 34.4 Å². The molecule has 0 atom stereocenters. The topological polar surface area (TPSA) is 43.8 Å². The molecule has 5 heteroatoms. The monoisotopic (exact) mass is 369 g/mol. The van der Waals surface area contributed by atoms with Gasteiger partial charge in [-0.25, -0.2) is 4.98 Å². The zero-order chi connectivity index (χ0) is 15.8. The van der Waals surface area contributed by atoms with Crippen molar-refractivity contribution in [3.63, 3.8) is 0 Å². The fourth-order valence-electron chi connectivity index (χ4n) is 2.50. The van der Waals surface area contributed by atoms with Crippen LogP contribution in [0.1, 0.15) is 39.9 Å². The average Bonchev–Trinajstić information content (AvgIpc) is 2.66.